The molecule has 0 unspecified atom stereocenters. The molecule has 6 heteroatoms. The van der Waals surface area contributed by atoms with E-state index >= 15 is 0 Å². The largest absolute Gasteiger partial charge is 0.507 e. The minimum absolute atomic E-state index is 0.0389. The van der Waals surface area contributed by atoms with Crippen LogP contribution in [-0.4, -0.2) is 29.2 Å². The Morgan fingerprint density at radius 3 is 1.86 bits per heavy atom. The fraction of sp³-hybridized carbons (Fsp3) is 0.173. The zero-order valence-corrected chi connectivity index (χ0v) is 34.1. The fourth-order valence-corrected chi connectivity index (χ4v) is 7.95. The first-order valence-corrected chi connectivity index (χ1v) is 19.9. The van der Waals surface area contributed by atoms with Crippen LogP contribution in [0.1, 0.15) is 52.7 Å². The molecule has 5 aromatic carbocycles. The SMILES string of the molecule is Cn1cnc2c3cccc(-c4ccnc(-c5cccc(-c6cc(-c7cc(C(C)(C)C)cc(C(C)(C)C)c7)cc(-c7ccccc7O)n6)c5)c4)c3n(-c3ccccc3)c21. The van der Waals surface area contributed by atoms with E-state index in [1.807, 2.05) is 43.8 Å². The molecule has 0 atom stereocenters. The van der Waals surface area contributed by atoms with Crippen molar-refractivity contribution in [3.05, 3.63) is 163 Å². The van der Waals surface area contributed by atoms with Crippen molar-refractivity contribution in [3.63, 3.8) is 0 Å². The molecule has 0 aliphatic heterocycles. The van der Waals surface area contributed by atoms with Crippen molar-refractivity contribution in [1.82, 2.24) is 24.1 Å². The fourth-order valence-electron chi connectivity index (χ4n) is 7.95. The molecule has 0 bridgehead atoms. The molecule has 0 radical (unpaired) electrons. The molecule has 6 nitrogen and oxygen atoms in total. The summed E-state index contributed by atoms with van der Waals surface area (Å²) in [6.07, 6.45) is 3.78. The molecule has 9 aromatic rings. The maximum Gasteiger partial charge on any atom is 0.145 e. The highest BCUT2D eigenvalue weighted by molar-refractivity contribution is 6.11. The number of imidazole rings is 1. The van der Waals surface area contributed by atoms with Crippen molar-refractivity contribution < 1.29 is 5.11 Å². The normalized spacial score (nSPS) is 12.1. The summed E-state index contributed by atoms with van der Waals surface area (Å²) in [6, 6.07) is 48.3. The smallest absolute Gasteiger partial charge is 0.145 e. The van der Waals surface area contributed by atoms with Crippen molar-refractivity contribution in [1.29, 1.82) is 0 Å². The van der Waals surface area contributed by atoms with Crippen LogP contribution in [0.25, 0.3) is 83.8 Å². The molecule has 0 spiro atoms. The van der Waals surface area contributed by atoms with E-state index in [0.717, 1.165) is 72.5 Å². The Morgan fingerprint density at radius 2 is 1.14 bits per heavy atom. The van der Waals surface area contributed by atoms with Gasteiger partial charge < -0.3 is 9.67 Å². The highest BCUT2D eigenvalue weighted by Crippen LogP contribution is 2.40. The molecule has 4 aromatic heterocycles. The van der Waals surface area contributed by atoms with Gasteiger partial charge in [-0.1, -0.05) is 126 Å². The third-order valence-electron chi connectivity index (χ3n) is 11.2. The van der Waals surface area contributed by atoms with Crippen LogP contribution < -0.4 is 0 Å². The van der Waals surface area contributed by atoms with Crippen LogP contribution in [0.15, 0.2) is 152 Å². The Balaban J connectivity index is 1.19. The first-order valence-electron chi connectivity index (χ1n) is 19.9. The number of pyridine rings is 2. The van der Waals surface area contributed by atoms with Gasteiger partial charge in [-0.05, 0) is 93.2 Å². The maximum atomic E-state index is 11.0. The first kappa shape index (κ1) is 36.8. The lowest BCUT2D eigenvalue weighted by Gasteiger charge is -2.26. The van der Waals surface area contributed by atoms with Gasteiger partial charge in [0.15, 0.2) is 0 Å². The molecular weight excluding hydrogens is 711 g/mol. The number of aromatic hydroxyl groups is 1. The van der Waals surface area contributed by atoms with E-state index in [-0.39, 0.29) is 16.6 Å². The van der Waals surface area contributed by atoms with Crippen LogP contribution in [0.2, 0.25) is 0 Å². The van der Waals surface area contributed by atoms with Crippen molar-refractivity contribution in [3.8, 4) is 67.5 Å². The summed E-state index contributed by atoms with van der Waals surface area (Å²) in [7, 11) is 2.05. The zero-order valence-electron chi connectivity index (χ0n) is 34.1. The molecule has 58 heavy (non-hydrogen) atoms. The molecule has 0 amide bonds. The van der Waals surface area contributed by atoms with Gasteiger partial charge in [0.1, 0.15) is 16.9 Å². The molecule has 1 N–H and O–H groups in total. The minimum Gasteiger partial charge on any atom is -0.507 e. The van der Waals surface area contributed by atoms with E-state index in [4.69, 9.17) is 15.0 Å². The summed E-state index contributed by atoms with van der Waals surface area (Å²) >= 11 is 0. The number of nitrogens with zero attached hydrogens (tertiary/aromatic N) is 5. The number of para-hydroxylation sites is 3. The second kappa shape index (κ2) is 14.0. The standard InChI is InChI=1S/C52H47N5O/c1-51(2,3)38-26-36(27-39(31-38)52(4,5)6)37-29-45(55-46(30-37)42-19-11-12-22-47(42)58)35-16-13-15-34(25-35)44-28-33(23-24-53-44)41-20-14-21-43-48-50(56(7)32-54-48)57(49(41)43)40-17-9-8-10-18-40/h8-32,58H,1-7H3. The molecule has 0 aliphatic carbocycles. The Morgan fingerprint density at radius 1 is 0.517 bits per heavy atom. The van der Waals surface area contributed by atoms with E-state index in [1.165, 1.54) is 11.1 Å². The van der Waals surface area contributed by atoms with Gasteiger partial charge in [-0.15, -0.1) is 0 Å². The number of phenolic OH excluding ortho intramolecular Hbond substituents is 1. The van der Waals surface area contributed by atoms with E-state index in [0.29, 0.717) is 11.3 Å². The second-order valence-corrected chi connectivity index (χ2v) is 17.4. The minimum atomic E-state index is -0.0389. The Hall–Kier alpha value is -6.79. The molecule has 286 valence electrons. The molecule has 4 heterocycles. The molecule has 0 saturated carbocycles. The number of hydrogen-bond acceptors (Lipinski definition) is 4. The molecule has 0 aliphatic rings. The van der Waals surface area contributed by atoms with Crippen molar-refractivity contribution in [2.24, 2.45) is 7.05 Å². The summed E-state index contributed by atoms with van der Waals surface area (Å²) in [5, 5.41) is 12.1. The second-order valence-electron chi connectivity index (χ2n) is 17.4. The van der Waals surface area contributed by atoms with Gasteiger partial charge in [-0.2, -0.15) is 0 Å². The zero-order chi connectivity index (χ0) is 40.3. The van der Waals surface area contributed by atoms with Gasteiger partial charge in [-0.25, -0.2) is 9.97 Å². The summed E-state index contributed by atoms with van der Waals surface area (Å²) in [5.41, 5.74) is 16.1. The van der Waals surface area contributed by atoms with Crippen LogP contribution >= 0.6 is 0 Å². The average Bonchev–Trinajstić information content (AvgIpc) is 3.77. The number of aryl methyl sites for hydroxylation is 1. The number of fused-ring (bicyclic) bond motifs is 3. The topological polar surface area (TPSA) is 68.8 Å². The Bertz CT molecular complexity index is 2960. The number of rotatable bonds is 6. The number of benzene rings is 5. The molecule has 9 rings (SSSR count). The number of phenols is 1. The maximum absolute atomic E-state index is 11.0. The van der Waals surface area contributed by atoms with Gasteiger partial charge >= 0.3 is 0 Å². The van der Waals surface area contributed by atoms with E-state index < -0.39 is 0 Å². The lowest BCUT2D eigenvalue weighted by Crippen LogP contribution is -2.16. The summed E-state index contributed by atoms with van der Waals surface area (Å²) in [4.78, 5) is 14.9. The van der Waals surface area contributed by atoms with Crippen molar-refractivity contribution >= 4 is 22.1 Å². The number of hydrogen-bond donors (Lipinski definition) is 1. The monoisotopic (exact) mass is 757 g/mol. The third-order valence-corrected chi connectivity index (χ3v) is 11.2. The molecular formula is C52H47N5O. The van der Waals surface area contributed by atoms with Crippen LogP contribution in [-0.2, 0) is 17.9 Å². The van der Waals surface area contributed by atoms with Gasteiger partial charge in [0.05, 0.1) is 28.9 Å². The molecule has 0 fully saturated rings. The predicted molar refractivity (Wildman–Crippen MR) is 239 cm³/mol. The summed E-state index contributed by atoms with van der Waals surface area (Å²) < 4.78 is 4.41. The van der Waals surface area contributed by atoms with E-state index in [1.54, 1.807) is 6.07 Å². The Kier molecular flexibility index (Phi) is 8.89. The van der Waals surface area contributed by atoms with Crippen LogP contribution in [0, 0.1) is 0 Å². The summed E-state index contributed by atoms with van der Waals surface area (Å²) in [6.45, 7) is 13.6. The van der Waals surface area contributed by atoms with Crippen LogP contribution in [0.5, 0.6) is 5.75 Å². The molecule has 0 saturated heterocycles. The van der Waals surface area contributed by atoms with Gasteiger partial charge in [0.2, 0.25) is 0 Å². The Labute approximate surface area is 340 Å². The quantitative estimate of drug-likeness (QED) is 0.183. The van der Waals surface area contributed by atoms with Gasteiger partial charge in [-0.3, -0.25) is 9.55 Å². The lowest BCUT2D eigenvalue weighted by molar-refractivity contribution is 0.477. The lowest BCUT2D eigenvalue weighted by atomic mass is 9.79. The van der Waals surface area contributed by atoms with Crippen LogP contribution in [0.3, 0.4) is 0 Å². The van der Waals surface area contributed by atoms with Crippen molar-refractivity contribution in [2.45, 2.75) is 52.4 Å². The first-order chi connectivity index (χ1) is 27.8. The third kappa shape index (κ3) is 6.64. The van der Waals surface area contributed by atoms with Gasteiger partial charge in [0, 0.05) is 46.6 Å². The van der Waals surface area contributed by atoms with Gasteiger partial charge in [0.25, 0.3) is 0 Å². The van der Waals surface area contributed by atoms with E-state index in [9.17, 15) is 5.11 Å². The highest BCUT2D eigenvalue weighted by atomic mass is 16.3. The van der Waals surface area contributed by atoms with E-state index in [2.05, 4.69) is 160 Å². The van der Waals surface area contributed by atoms with Crippen molar-refractivity contribution in [2.75, 3.05) is 0 Å². The highest BCUT2D eigenvalue weighted by Gasteiger charge is 2.23. The predicted octanol–water partition coefficient (Wildman–Crippen LogP) is 12.9. The average molecular weight is 758 g/mol. The van der Waals surface area contributed by atoms with Crippen LogP contribution in [0.4, 0.5) is 0 Å². The summed E-state index contributed by atoms with van der Waals surface area (Å²) in [5.74, 6) is 0.198. The number of aromatic nitrogens is 5.